The van der Waals surface area contributed by atoms with Crippen molar-refractivity contribution in [2.75, 3.05) is 27.2 Å². The van der Waals surface area contributed by atoms with Crippen LogP contribution in [0.1, 0.15) is 18.5 Å². The average Bonchev–Trinajstić information content (AvgIpc) is 3.23. The van der Waals surface area contributed by atoms with Gasteiger partial charge >= 0.3 is 6.03 Å². The monoisotopic (exact) mass is 423 g/mol. The van der Waals surface area contributed by atoms with E-state index < -0.39 is 0 Å². The van der Waals surface area contributed by atoms with Crippen LogP contribution in [-0.4, -0.2) is 69.4 Å². The van der Waals surface area contributed by atoms with Crippen molar-refractivity contribution in [3.8, 4) is 11.3 Å². The molecule has 0 radical (unpaired) electrons. The van der Waals surface area contributed by atoms with Gasteiger partial charge in [0, 0.05) is 62.6 Å². The molecule has 0 spiro atoms. The van der Waals surface area contributed by atoms with E-state index in [1.54, 1.807) is 4.90 Å². The third kappa shape index (κ3) is 3.34. The summed E-state index contributed by atoms with van der Waals surface area (Å²) in [5.74, 6) is 0. The third-order valence-corrected chi connectivity index (χ3v) is 6.53. The summed E-state index contributed by atoms with van der Waals surface area (Å²) in [6.07, 6.45) is 4.24. The van der Waals surface area contributed by atoms with Crippen molar-refractivity contribution in [1.29, 1.82) is 0 Å². The van der Waals surface area contributed by atoms with Gasteiger partial charge < -0.3 is 14.2 Å². The lowest BCUT2D eigenvalue weighted by atomic mass is 10.1. The molecule has 6 nitrogen and oxygen atoms in total. The number of likely N-dealkylation sites (tertiary alicyclic amines) is 1. The Bertz CT molecular complexity index is 1060. The number of piperazine rings is 1. The van der Waals surface area contributed by atoms with Crippen LogP contribution in [0.25, 0.3) is 16.9 Å². The normalized spacial score (nSPS) is 21.4. The molecule has 0 N–H and O–H groups in total. The zero-order valence-corrected chi connectivity index (χ0v) is 18.1. The minimum Gasteiger partial charge on any atom is -0.331 e. The number of amides is 2. The van der Waals surface area contributed by atoms with Gasteiger partial charge in [-0.15, -0.1) is 0 Å². The zero-order chi connectivity index (χ0) is 20.8. The number of fused-ring (bicyclic) bond motifs is 3. The van der Waals surface area contributed by atoms with Crippen LogP contribution in [0.4, 0.5) is 4.79 Å². The summed E-state index contributed by atoms with van der Waals surface area (Å²) in [6.45, 7) is 2.60. The molecule has 30 heavy (non-hydrogen) atoms. The smallest absolute Gasteiger partial charge is 0.320 e. The van der Waals surface area contributed by atoms with Crippen LogP contribution in [0.3, 0.4) is 0 Å². The van der Waals surface area contributed by atoms with E-state index in [1.165, 1.54) is 5.69 Å². The van der Waals surface area contributed by atoms with Crippen LogP contribution in [0.15, 0.2) is 48.7 Å². The van der Waals surface area contributed by atoms with Crippen molar-refractivity contribution in [1.82, 2.24) is 24.1 Å². The van der Waals surface area contributed by atoms with Crippen molar-refractivity contribution in [3.63, 3.8) is 0 Å². The molecule has 2 saturated heterocycles. The fourth-order valence-electron chi connectivity index (χ4n) is 4.91. The molecule has 5 rings (SSSR count). The molecular weight excluding hydrogens is 398 g/mol. The van der Waals surface area contributed by atoms with E-state index in [2.05, 4.69) is 20.4 Å². The Hall–Kier alpha value is -2.57. The van der Waals surface area contributed by atoms with E-state index in [0.717, 1.165) is 54.4 Å². The first-order valence-corrected chi connectivity index (χ1v) is 10.8. The van der Waals surface area contributed by atoms with Gasteiger partial charge in [0.05, 0.1) is 11.4 Å². The maximum Gasteiger partial charge on any atom is 0.320 e. The molecule has 0 aliphatic carbocycles. The number of halogens is 1. The number of nitrogens with zero attached hydrogens (tertiary/aromatic N) is 5. The number of benzene rings is 1. The van der Waals surface area contributed by atoms with Gasteiger partial charge in [0.25, 0.3) is 0 Å². The SMILES string of the molecule is CN(C)C(=O)N1C2CCC1CN(Cc1c(-c3ccc(Cl)cc3)nc3ccccn13)C2. The fraction of sp³-hybridized carbons (Fsp3) is 0.391. The average molecular weight is 424 g/mol. The molecule has 4 heterocycles. The molecule has 2 fully saturated rings. The predicted octanol–water partition coefficient (Wildman–Crippen LogP) is 3.98. The first kappa shape index (κ1) is 19.4. The molecule has 2 unspecified atom stereocenters. The number of aromatic nitrogens is 2. The quantitative estimate of drug-likeness (QED) is 0.640. The molecule has 2 aromatic heterocycles. The number of carbonyl (C=O) groups is 1. The highest BCUT2D eigenvalue weighted by Crippen LogP contribution is 2.33. The van der Waals surface area contributed by atoms with Crippen LogP contribution in [-0.2, 0) is 6.54 Å². The maximum atomic E-state index is 12.6. The lowest BCUT2D eigenvalue weighted by Crippen LogP contribution is -2.57. The van der Waals surface area contributed by atoms with Crippen LogP contribution in [0, 0.1) is 0 Å². The minimum atomic E-state index is 0.138. The Morgan fingerprint density at radius 1 is 1.10 bits per heavy atom. The Balaban J connectivity index is 1.46. The summed E-state index contributed by atoms with van der Waals surface area (Å²) in [5.41, 5.74) is 4.20. The highest BCUT2D eigenvalue weighted by atomic mass is 35.5. The highest BCUT2D eigenvalue weighted by molar-refractivity contribution is 6.30. The Labute approximate surface area is 181 Å². The fourth-order valence-corrected chi connectivity index (χ4v) is 5.04. The Morgan fingerprint density at radius 2 is 1.80 bits per heavy atom. The third-order valence-electron chi connectivity index (χ3n) is 6.28. The number of hydrogen-bond acceptors (Lipinski definition) is 3. The molecule has 2 amide bonds. The Kier molecular flexibility index (Phi) is 4.91. The lowest BCUT2D eigenvalue weighted by molar-refractivity contribution is 0.0718. The number of imidazole rings is 1. The number of hydrogen-bond donors (Lipinski definition) is 0. The maximum absolute atomic E-state index is 12.6. The second-order valence-electron chi connectivity index (χ2n) is 8.51. The summed E-state index contributed by atoms with van der Waals surface area (Å²) in [7, 11) is 3.68. The molecule has 1 aromatic carbocycles. The van der Waals surface area contributed by atoms with Crippen molar-refractivity contribution >= 4 is 23.3 Å². The largest absolute Gasteiger partial charge is 0.331 e. The van der Waals surface area contributed by atoms with Crippen LogP contribution in [0.2, 0.25) is 5.02 Å². The first-order valence-electron chi connectivity index (χ1n) is 10.4. The first-order chi connectivity index (χ1) is 14.5. The lowest BCUT2D eigenvalue weighted by Gasteiger charge is -2.42. The van der Waals surface area contributed by atoms with Gasteiger partial charge in [-0.25, -0.2) is 9.78 Å². The molecule has 7 heteroatoms. The van der Waals surface area contributed by atoms with Gasteiger partial charge in [-0.05, 0) is 37.1 Å². The number of pyridine rings is 1. The topological polar surface area (TPSA) is 44.1 Å². The second-order valence-corrected chi connectivity index (χ2v) is 8.94. The highest BCUT2D eigenvalue weighted by Gasteiger charge is 2.43. The molecule has 2 aliphatic rings. The summed E-state index contributed by atoms with van der Waals surface area (Å²) < 4.78 is 2.18. The van der Waals surface area contributed by atoms with E-state index in [4.69, 9.17) is 16.6 Å². The van der Waals surface area contributed by atoms with E-state index in [1.807, 2.05) is 56.6 Å². The summed E-state index contributed by atoms with van der Waals surface area (Å²) in [5, 5.41) is 0.724. The molecular formula is C23H26ClN5O. The van der Waals surface area contributed by atoms with E-state index in [0.29, 0.717) is 0 Å². The molecule has 0 saturated carbocycles. The molecule has 2 aliphatic heterocycles. The van der Waals surface area contributed by atoms with Crippen LogP contribution >= 0.6 is 11.6 Å². The van der Waals surface area contributed by atoms with Gasteiger partial charge in [0.15, 0.2) is 0 Å². The second kappa shape index (κ2) is 7.60. The van der Waals surface area contributed by atoms with E-state index in [9.17, 15) is 4.79 Å². The van der Waals surface area contributed by atoms with Crippen LogP contribution in [0.5, 0.6) is 0 Å². The van der Waals surface area contributed by atoms with Gasteiger partial charge in [0.1, 0.15) is 5.65 Å². The summed E-state index contributed by atoms with van der Waals surface area (Å²) >= 11 is 6.10. The minimum absolute atomic E-state index is 0.138. The van der Waals surface area contributed by atoms with Gasteiger partial charge in [0.2, 0.25) is 0 Å². The molecule has 2 bridgehead atoms. The molecule has 2 atom stereocenters. The van der Waals surface area contributed by atoms with Crippen molar-refractivity contribution in [2.45, 2.75) is 31.5 Å². The van der Waals surface area contributed by atoms with Crippen molar-refractivity contribution < 1.29 is 4.79 Å². The van der Waals surface area contributed by atoms with Gasteiger partial charge in [-0.3, -0.25) is 4.90 Å². The number of rotatable bonds is 3. The van der Waals surface area contributed by atoms with Crippen molar-refractivity contribution in [3.05, 3.63) is 59.4 Å². The van der Waals surface area contributed by atoms with Gasteiger partial charge in [-0.1, -0.05) is 29.8 Å². The number of carbonyl (C=O) groups excluding carboxylic acids is 1. The summed E-state index contributed by atoms with van der Waals surface area (Å²) in [6, 6.07) is 14.7. The van der Waals surface area contributed by atoms with Gasteiger partial charge in [-0.2, -0.15) is 0 Å². The standard InChI is InChI=1S/C23H26ClN5O/c1-26(2)23(30)29-18-10-11-19(29)14-27(13-18)15-20-22(16-6-8-17(24)9-7-16)25-21-5-3-4-12-28(20)21/h3-9,12,18-19H,10-11,13-15H2,1-2H3. The Morgan fingerprint density at radius 3 is 2.47 bits per heavy atom. The van der Waals surface area contributed by atoms with E-state index >= 15 is 0 Å². The molecule has 156 valence electrons. The van der Waals surface area contributed by atoms with Crippen LogP contribution < -0.4 is 0 Å². The zero-order valence-electron chi connectivity index (χ0n) is 17.3. The number of urea groups is 1. The van der Waals surface area contributed by atoms with Crippen molar-refractivity contribution in [2.24, 2.45) is 0 Å². The van der Waals surface area contributed by atoms with E-state index in [-0.39, 0.29) is 18.1 Å². The molecule has 3 aromatic rings. The predicted molar refractivity (Wildman–Crippen MR) is 119 cm³/mol. The summed E-state index contributed by atoms with van der Waals surface area (Å²) in [4.78, 5) is 23.8.